The number of aryl methyl sites for hydroxylation is 1. The van der Waals surface area contributed by atoms with E-state index in [1.165, 1.54) is 0 Å². The van der Waals surface area contributed by atoms with Crippen molar-refractivity contribution in [2.24, 2.45) is 0 Å². The molecular formula is C20H19ClN4O. The minimum Gasteiger partial charge on any atom is -0.510 e. The molecule has 0 saturated carbocycles. The lowest BCUT2D eigenvalue weighted by Crippen LogP contribution is -2.26. The van der Waals surface area contributed by atoms with Gasteiger partial charge in [-0.3, -0.25) is 5.41 Å². The Morgan fingerprint density at radius 1 is 1.15 bits per heavy atom. The summed E-state index contributed by atoms with van der Waals surface area (Å²) in [6, 6.07) is 15.4. The van der Waals surface area contributed by atoms with Gasteiger partial charge in [-0.15, -0.1) is 0 Å². The molecule has 26 heavy (non-hydrogen) atoms. The maximum atomic E-state index is 10.6. The van der Waals surface area contributed by atoms with E-state index in [1.54, 1.807) is 0 Å². The van der Waals surface area contributed by atoms with Crippen molar-refractivity contribution >= 4 is 34.0 Å². The van der Waals surface area contributed by atoms with Gasteiger partial charge in [-0.2, -0.15) is 0 Å². The molecular weight excluding hydrogens is 348 g/mol. The molecule has 0 saturated heterocycles. The Kier molecular flexibility index (Phi) is 4.17. The number of para-hydroxylation sites is 2. The minimum absolute atomic E-state index is 0.173. The van der Waals surface area contributed by atoms with Crippen LogP contribution < -0.4 is 0 Å². The Bertz CT molecular complexity index is 1040. The Morgan fingerprint density at radius 2 is 1.88 bits per heavy atom. The zero-order valence-corrected chi connectivity index (χ0v) is 15.2. The van der Waals surface area contributed by atoms with Gasteiger partial charge < -0.3 is 14.6 Å². The molecule has 0 radical (unpaired) electrons. The van der Waals surface area contributed by atoms with Crippen LogP contribution in [0.25, 0.3) is 16.6 Å². The van der Waals surface area contributed by atoms with Gasteiger partial charge in [0.05, 0.1) is 23.2 Å². The normalized spacial score (nSPS) is 14.7. The predicted molar refractivity (Wildman–Crippen MR) is 105 cm³/mol. The lowest BCUT2D eigenvalue weighted by Gasteiger charge is -2.19. The van der Waals surface area contributed by atoms with Crippen molar-refractivity contribution in [2.45, 2.75) is 20.0 Å². The van der Waals surface area contributed by atoms with Crippen LogP contribution in [0.5, 0.6) is 0 Å². The Balaban J connectivity index is 1.71. The highest BCUT2D eigenvalue weighted by Gasteiger charge is 2.31. The molecule has 2 heterocycles. The highest BCUT2D eigenvalue weighted by Crippen LogP contribution is 2.31. The van der Waals surface area contributed by atoms with Crippen molar-refractivity contribution in [2.75, 3.05) is 6.54 Å². The summed E-state index contributed by atoms with van der Waals surface area (Å²) in [5.41, 5.74) is 3.29. The summed E-state index contributed by atoms with van der Waals surface area (Å²) in [7, 11) is 0. The summed E-state index contributed by atoms with van der Waals surface area (Å²) >= 11 is 6.25. The average Bonchev–Trinajstić information content (AvgIpc) is 3.13. The van der Waals surface area contributed by atoms with Crippen LogP contribution in [0.1, 0.15) is 18.3 Å². The van der Waals surface area contributed by atoms with Gasteiger partial charge in [0.2, 0.25) is 0 Å². The van der Waals surface area contributed by atoms with Gasteiger partial charge in [0.25, 0.3) is 0 Å². The van der Waals surface area contributed by atoms with Crippen molar-refractivity contribution in [3.05, 3.63) is 70.7 Å². The Morgan fingerprint density at radius 3 is 2.65 bits per heavy atom. The average molecular weight is 367 g/mol. The molecule has 0 bridgehead atoms. The van der Waals surface area contributed by atoms with Crippen LogP contribution in [0, 0.1) is 5.41 Å². The zero-order chi connectivity index (χ0) is 18.3. The monoisotopic (exact) mass is 366 g/mol. The number of hydrogen-bond donors (Lipinski definition) is 2. The summed E-state index contributed by atoms with van der Waals surface area (Å²) < 4.78 is 2.04. The molecule has 1 aliphatic heterocycles. The topological polar surface area (TPSA) is 65.1 Å². The molecule has 4 rings (SSSR count). The van der Waals surface area contributed by atoms with E-state index >= 15 is 0 Å². The molecule has 0 fully saturated rings. The van der Waals surface area contributed by atoms with Gasteiger partial charge in [0, 0.05) is 18.1 Å². The second-order valence-electron chi connectivity index (χ2n) is 6.29. The number of hydrogen-bond acceptors (Lipinski definition) is 3. The summed E-state index contributed by atoms with van der Waals surface area (Å²) in [6.07, 6.45) is 0. The lowest BCUT2D eigenvalue weighted by atomic mass is 10.2. The number of benzene rings is 2. The fourth-order valence-corrected chi connectivity index (χ4v) is 3.62. The van der Waals surface area contributed by atoms with Gasteiger partial charge in [-0.1, -0.05) is 41.9 Å². The van der Waals surface area contributed by atoms with Crippen molar-refractivity contribution in [3.8, 4) is 0 Å². The molecule has 2 N–H and O–H groups in total. The fourth-order valence-electron chi connectivity index (χ4n) is 3.42. The quantitative estimate of drug-likeness (QED) is 0.715. The number of rotatable bonds is 4. The molecule has 1 aliphatic rings. The number of aliphatic hydroxyl groups excluding tert-OH is 1. The van der Waals surface area contributed by atoms with Crippen LogP contribution >= 0.6 is 11.6 Å². The molecule has 132 valence electrons. The molecule has 0 spiro atoms. The standard InChI is InChI=1S/C20H19ClN4O/c1-2-25-16-10-6-5-9-15(16)23-20(25)18-17(26)12-24(19(18)22)11-13-7-3-4-8-14(13)21/h3-10,22,26H,2,11-12H2,1H3. The Labute approximate surface area is 156 Å². The van der Waals surface area contributed by atoms with E-state index in [0.29, 0.717) is 29.5 Å². The number of imidazole rings is 1. The fraction of sp³-hybridized carbons (Fsp3) is 0.200. The maximum Gasteiger partial charge on any atom is 0.148 e. The second-order valence-corrected chi connectivity index (χ2v) is 6.69. The van der Waals surface area contributed by atoms with E-state index in [9.17, 15) is 5.11 Å². The molecule has 5 nitrogen and oxygen atoms in total. The van der Waals surface area contributed by atoms with E-state index in [1.807, 2.05) is 64.9 Å². The third-order valence-electron chi connectivity index (χ3n) is 4.70. The zero-order valence-electron chi connectivity index (χ0n) is 14.4. The number of halogens is 1. The first kappa shape index (κ1) is 16.7. The van der Waals surface area contributed by atoms with E-state index < -0.39 is 0 Å². The molecule has 6 heteroatoms. The molecule has 0 aliphatic carbocycles. The molecule has 2 aromatic carbocycles. The van der Waals surface area contributed by atoms with Crippen molar-refractivity contribution in [1.29, 1.82) is 5.41 Å². The predicted octanol–water partition coefficient (Wildman–Crippen LogP) is 4.47. The van der Waals surface area contributed by atoms with Crippen LogP contribution in [-0.4, -0.2) is 31.9 Å². The van der Waals surface area contributed by atoms with Crippen molar-refractivity contribution < 1.29 is 5.11 Å². The van der Waals surface area contributed by atoms with Gasteiger partial charge in [-0.05, 0) is 30.7 Å². The molecule has 1 aromatic heterocycles. The number of nitrogens with zero attached hydrogens (tertiary/aromatic N) is 3. The highest BCUT2D eigenvalue weighted by molar-refractivity contribution is 6.31. The smallest absolute Gasteiger partial charge is 0.148 e. The molecule has 3 aromatic rings. The SMILES string of the molecule is CCn1c(C2=C(O)CN(Cc3ccccc3Cl)C2=N)nc2ccccc21. The van der Waals surface area contributed by atoms with Crippen molar-refractivity contribution in [3.63, 3.8) is 0 Å². The molecule has 0 atom stereocenters. The first-order valence-electron chi connectivity index (χ1n) is 8.55. The third kappa shape index (κ3) is 2.65. The number of aromatic nitrogens is 2. The highest BCUT2D eigenvalue weighted by atomic mass is 35.5. The van der Waals surface area contributed by atoms with Crippen LogP contribution in [-0.2, 0) is 13.1 Å². The summed E-state index contributed by atoms with van der Waals surface area (Å²) in [4.78, 5) is 6.49. The van der Waals surface area contributed by atoms with Gasteiger partial charge in [-0.25, -0.2) is 4.98 Å². The van der Waals surface area contributed by atoms with E-state index in [4.69, 9.17) is 17.0 Å². The summed E-state index contributed by atoms with van der Waals surface area (Å²) in [5, 5.41) is 19.9. The van der Waals surface area contributed by atoms with Crippen LogP contribution in [0.2, 0.25) is 5.02 Å². The van der Waals surface area contributed by atoms with Gasteiger partial charge in [0.15, 0.2) is 0 Å². The maximum absolute atomic E-state index is 10.6. The summed E-state index contributed by atoms with van der Waals surface area (Å²) in [5.74, 6) is 1.08. The van der Waals surface area contributed by atoms with Crippen LogP contribution in [0.15, 0.2) is 54.3 Å². The van der Waals surface area contributed by atoms with Crippen LogP contribution in [0.3, 0.4) is 0 Å². The number of amidine groups is 1. The number of aliphatic hydroxyl groups is 1. The first-order chi connectivity index (χ1) is 12.6. The number of nitrogens with one attached hydrogen (secondary N) is 1. The van der Waals surface area contributed by atoms with E-state index in [0.717, 1.165) is 16.6 Å². The molecule has 0 amide bonds. The van der Waals surface area contributed by atoms with E-state index in [2.05, 4.69) is 4.98 Å². The second kappa shape index (κ2) is 6.50. The van der Waals surface area contributed by atoms with Gasteiger partial charge >= 0.3 is 0 Å². The van der Waals surface area contributed by atoms with Crippen molar-refractivity contribution in [1.82, 2.24) is 14.5 Å². The minimum atomic E-state index is 0.173. The lowest BCUT2D eigenvalue weighted by molar-refractivity contribution is 0.347. The molecule has 0 unspecified atom stereocenters. The van der Waals surface area contributed by atoms with Crippen LogP contribution in [0.4, 0.5) is 0 Å². The van der Waals surface area contributed by atoms with Gasteiger partial charge in [0.1, 0.15) is 17.4 Å². The first-order valence-corrected chi connectivity index (χ1v) is 8.93. The number of fused-ring (bicyclic) bond motifs is 1. The Hall–Kier alpha value is -2.79. The third-order valence-corrected chi connectivity index (χ3v) is 5.06. The van der Waals surface area contributed by atoms with E-state index in [-0.39, 0.29) is 18.1 Å². The largest absolute Gasteiger partial charge is 0.510 e. The summed E-state index contributed by atoms with van der Waals surface area (Å²) in [6.45, 7) is 3.50.